The van der Waals surface area contributed by atoms with Crippen LogP contribution in [0, 0.1) is 0 Å². The van der Waals surface area contributed by atoms with Crippen LogP contribution in [0.5, 0.6) is 0 Å². The van der Waals surface area contributed by atoms with Gasteiger partial charge in [-0.05, 0) is 62.7 Å². The first-order valence-electron chi connectivity index (χ1n) is 7.16. The number of nitrogens with one attached hydrogen (secondary N) is 1. The average Bonchev–Trinajstić information content (AvgIpc) is 2.77. The molecule has 0 atom stereocenters. The summed E-state index contributed by atoms with van der Waals surface area (Å²) in [5.41, 5.74) is 3.52. The number of anilines is 1. The van der Waals surface area contributed by atoms with E-state index in [9.17, 15) is 4.79 Å². The Bertz CT molecular complexity index is 624. The van der Waals surface area contributed by atoms with Gasteiger partial charge in [0.05, 0.1) is 0 Å². The van der Waals surface area contributed by atoms with Crippen molar-refractivity contribution in [1.29, 1.82) is 0 Å². The predicted molar refractivity (Wildman–Crippen MR) is 82.1 cm³/mol. The molecule has 0 bridgehead atoms. The summed E-state index contributed by atoms with van der Waals surface area (Å²) in [6, 6.07) is 6.13. The summed E-state index contributed by atoms with van der Waals surface area (Å²) in [5, 5.41) is 4.02. The molecule has 1 N–H and O–H groups in total. The van der Waals surface area contributed by atoms with Crippen LogP contribution in [-0.2, 0) is 11.8 Å². The lowest BCUT2D eigenvalue weighted by molar-refractivity contribution is -0.105. The van der Waals surface area contributed by atoms with Crippen LogP contribution in [0.15, 0.2) is 24.4 Å². The van der Waals surface area contributed by atoms with Crippen molar-refractivity contribution in [2.75, 3.05) is 25.5 Å². The predicted octanol–water partition coefficient (Wildman–Crippen LogP) is 2.56. The number of nitrogens with zero attached hydrogens (tertiary/aromatic N) is 2. The molecule has 1 fully saturated rings. The van der Waals surface area contributed by atoms with Crippen LogP contribution in [0.3, 0.4) is 0 Å². The number of aromatic nitrogens is 1. The Balaban J connectivity index is 2.01. The normalized spacial score (nSPS) is 17.5. The molecular formula is C16H21N3O. The van der Waals surface area contributed by atoms with Crippen LogP contribution in [0.4, 0.5) is 5.69 Å². The second-order valence-electron chi connectivity index (χ2n) is 5.77. The van der Waals surface area contributed by atoms with Crippen LogP contribution >= 0.6 is 0 Å². The van der Waals surface area contributed by atoms with E-state index in [-0.39, 0.29) is 0 Å². The lowest BCUT2D eigenvalue weighted by atomic mass is 9.89. The Hall–Kier alpha value is -1.81. The highest BCUT2D eigenvalue weighted by atomic mass is 16.1. The second kappa shape index (κ2) is 5.29. The Morgan fingerprint density at radius 2 is 2.00 bits per heavy atom. The van der Waals surface area contributed by atoms with E-state index < -0.39 is 0 Å². The standard InChI is InChI=1S/C16H21N3O/c1-18-7-5-12(6-8-18)15-10-19(2)16-4-3-13(17-11-20)9-14(15)16/h3-4,9-12H,5-8H2,1-2H3,(H,17,20). The molecule has 1 amide bonds. The van der Waals surface area contributed by atoms with Gasteiger partial charge in [-0.15, -0.1) is 0 Å². The zero-order chi connectivity index (χ0) is 14.1. The number of hydrogen-bond acceptors (Lipinski definition) is 2. The number of amides is 1. The molecule has 0 unspecified atom stereocenters. The van der Waals surface area contributed by atoms with Gasteiger partial charge in [-0.1, -0.05) is 0 Å². The lowest BCUT2D eigenvalue weighted by Gasteiger charge is -2.28. The highest BCUT2D eigenvalue weighted by Gasteiger charge is 2.21. The van der Waals surface area contributed by atoms with Gasteiger partial charge < -0.3 is 14.8 Å². The van der Waals surface area contributed by atoms with Gasteiger partial charge >= 0.3 is 0 Å². The van der Waals surface area contributed by atoms with Gasteiger partial charge in [-0.3, -0.25) is 4.79 Å². The Morgan fingerprint density at radius 1 is 1.25 bits per heavy atom. The maximum atomic E-state index is 10.6. The molecule has 2 aromatic rings. The third kappa shape index (κ3) is 2.31. The third-order valence-electron chi connectivity index (χ3n) is 4.40. The van der Waals surface area contributed by atoms with Crippen molar-refractivity contribution in [3.8, 4) is 0 Å². The van der Waals surface area contributed by atoms with Crippen molar-refractivity contribution in [2.45, 2.75) is 18.8 Å². The number of carbonyl (C=O) groups is 1. The number of carbonyl (C=O) groups excluding carboxylic acids is 1. The molecule has 1 saturated heterocycles. The molecule has 106 valence electrons. The van der Waals surface area contributed by atoms with Crippen molar-refractivity contribution in [2.24, 2.45) is 7.05 Å². The Morgan fingerprint density at radius 3 is 2.70 bits per heavy atom. The highest BCUT2D eigenvalue weighted by molar-refractivity contribution is 5.89. The largest absolute Gasteiger partial charge is 0.350 e. The topological polar surface area (TPSA) is 37.3 Å². The smallest absolute Gasteiger partial charge is 0.211 e. The first-order valence-corrected chi connectivity index (χ1v) is 7.16. The minimum Gasteiger partial charge on any atom is -0.350 e. The zero-order valence-electron chi connectivity index (χ0n) is 12.1. The van der Waals surface area contributed by atoms with Crippen LogP contribution in [0.25, 0.3) is 10.9 Å². The molecule has 4 heteroatoms. The molecule has 20 heavy (non-hydrogen) atoms. The minimum atomic E-state index is 0.626. The van der Waals surface area contributed by atoms with Gasteiger partial charge in [0.2, 0.25) is 6.41 Å². The van der Waals surface area contributed by atoms with E-state index in [1.165, 1.54) is 29.3 Å². The Kier molecular flexibility index (Phi) is 3.49. The van der Waals surface area contributed by atoms with Gasteiger partial charge in [0.25, 0.3) is 0 Å². The van der Waals surface area contributed by atoms with E-state index in [1.807, 2.05) is 6.07 Å². The number of fused-ring (bicyclic) bond motifs is 1. The molecule has 4 nitrogen and oxygen atoms in total. The van der Waals surface area contributed by atoms with Crippen LogP contribution in [-0.4, -0.2) is 36.0 Å². The van der Waals surface area contributed by atoms with Crippen LogP contribution < -0.4 is 5.32 Å². The highest BCUT2D eigenvalue weighted by Crippen LogP contribution is 2.34. The maximum Gasteiger partial charge on any atom is 0.211 e. The molecule has 0 aliphatic carbocycles. The van der Waals surface area contributed by atoms with Gasteiger partial charge in [0, 0.05) is 29.8 Å². The first-order chi connectivity index (χ1) is 9.69. The molecule has 3 rings (SSSR count). The van der Waals surface area contributed by atoms with E-state index in [2.05, 4.69) is 47.2 Å². The summed E-state index contributed by atoms with van der Waals surface area (Å²) in [6.45, 7) is 2.32. The second-order valence-corrected chi connectivity index (χ2v) is 5.77. The third-order valence-corrected chi connectivity index (χ3v) is 4.40. The van der Waals surface area contributed by atoms with E-state index in [0.29, 0.717) is 5.92 Å². The average molecular weight is 271 g/mol. The lowest BCUT2D eigenvalue weighted by Crippen LogP contribution is -2.29. The fraction of sp³-hybridized carbons (Fsp3) is 0.438. The summed E-state index contributed by atoms with van der Waals surface area (Å²) in [7, 11) is 4.28. The monoisotopic (exact) mass is 271 g/mol. The molecule has 1 aliphatic heterocycles. The number of benzene rings is 1. The quantitative estimate of drug-likeness (QED) is 0.871. The van der Waals surface area contributed by atoms with Gasteiger partial charge in [0.1, 0.15) is 0 Å². The molecule has 0 spiro atoms. The number of aryl methyl sites for hydroxylation is 1. The number of piperidine rings is 1. The van der Waals surface area contributed by atoms with Crippen molar-refractivity contribution < 1.29 is 4.79 Å². The van der Waals surface area contributed by atoms with Crippen molar-refractivity contribution in [3.63, 3.8) is 0 Å². The SMILES string of the molecule is CN1CCC(c2cn(C)c3ccc(NC=O)cc23)CC1. The maximum absolute atomic E-state index is 10.6. The van der Waals surface area contributed by atoms with Crippen molar-refractivity contribution >= 4 is 23.0 Å². The molecule has 0 saturated carbocycles. The molecular weight excluding hydrogens is 250 g/mol. The fourth-order valence-electron chi connectivity index (χ4n) is 3.23. The number of hydrogen-bond donors (Lipinski definition) is 1. The number of rotatable bonds is 3. The van der Waals surface area contributed by atoms with Gasteiger partial charge in [0.15, 0.2) is 0 Å². The fourth-order valence-corrected chi connectivity index (χ4v) is 3.23. The number of likely N-dealkylation sites (tertiary alicyclic amines) is 1. The van der Waals surface area contributed by atoms with Crippen LogP contribution in [0.2, 0.25) is 0 Å². The summed E-state index contributed by atoms with van der Waals surface area (Å²) in [4.78, 5) is 13.0. The van der Waals surface area contributed by atoms with Gasteiger partial charge in [-0.2, -0.15) is 0 Å². The minimum absolute atomic E-state index is 0.626. The van der Waals surface area contributed by atoms with E-state index >= 15 is 0 Å². The van der Waals surface area contributed by atoms with E-state index in [0.717, 1.165) is 25.2 Å². The van der Waals surface area contributed by atoms with Gasteiger partial charge in [-0.25, -0.2) is 0 Å². The zero-order valence-corrected chi connectivity index (χ0v) is 12.1. The van der Waals surface area contributed by atoms with E-state index in [1.54, 1.807) is 0 Å². The molecule has 1 aromatic carbocycles. The molecule has 2 heterocycles. The summed E-state index contributed by atoms with van der Waals surface area (Å²) >= 11 is 0. The van der Waals surface area contributed by atoms with E-state index in [4.69, 9.17) is 0 Å². The molecule has 1 aromatic heterocycles. The summed E-state index contributed by atoms with van der Waals surface area (Å²) < 4.78 is 2.19. The molecule has 1 aliphatic rings. The van der Waals surface area contributed by atoms with Crippen molar-refractivity contribution in [1.82, 2.24) is 9.47 Å². The summed E-state index contributed by atoms with van der Waals surface area (Å²) in [5.74, 6) is 0.626. The molecule has 0 radical (unpaired) electrons. The van der Waals surface area contributed by atoms with Crippen LogP contribution in [0.1, 0.15) is 24.3 Å². The Labute approximate surface area is 119 Å². The first kappa shape index (κ1) is 13.2. The summed E-state index contributed by atoms with van der Waals surface area (Å²) in [6.07, 6.45) is 5.41. The van der Waals surface area contributed by atoms with Crippen molar-refractivity contribution in [3.05, 3.63) is 30.0 Å².